The lowest BCUT2D eigenvalue weighted by Crippen LogP contribution is -2.29. The van der Waals surface area contributed by atoms with Crippen LogP contribution in [0.4, 0.5) is 9.52 Å². The second-order valence-electron chi connectivity index (χ2n) is 7.72. The Hall–Kier alpha value is -3.60. The Balaban J connectivity index is 1.52. The van der Waals surface area contributed by atoms with E-state index in [4.69, 9.17) is 11.6 Å². The maximum Gasteiger partial charge on any atom is 0.301 e. The maximum atomic E-state index is 13.2. The molecule has 0 saturated carbocycles. The molecule has 1 amide bonds. The minimum atomic E-state index is -0.932. The lowest BCUT2D eigenvalue weighted by molar-refractivity contribution is -0.132. The number of Topliss-reactive ketones (excluding diaryl/α,β-unsaturated/α-hetero) is 1. The summed E-state index contributed by atoms with van der Waals surface area (Å²) in [6.07, 6.45) is 2.97. The Kier molecular flexibility index (Phi) is 6.82. The number of nitrogens with zero attached hydrogens (tertiary/aromatic N) is 4. The van der Waals surface area contributed by atoms with E-state index in [2.05, 4.69) is 15.2 Å². The number of halogens is 2. The van der Waals surface area contributed by atoms with E-state index in [9.17, 15) is 19.1 Å². The predicted molar refractivity (Wildman–Crippen MR) is 136 cm³/mol. The van der Waals surface area contributed by atoms with Gasteiger partial charge in [0.1, 0.15) is 11.6 Å². The zero-order valence-corrected chi connectivity index (χ0v) is 20.7. The lowest BCUT2D eigenvalue weighted by atomic mass is 9.96. The van der Waals surface area contributed by atoms with Gasteiger partial charge in [-0.25, -0.2) is 4.39 Å². The van der Waals surface area contributed by atoms with Crippen molar-refractivity contribution in [3.05, 3.63) is 106 Å². The van der Waals surface area contributed by atoms with Gasteiger partial charge in [-0.05, 0) is 47.5 Å². The van der Waals surface area contributed by atoms with E-state index in [1.807, 2.05) is 0 Å². The van der Waals surface area contributed by atoms with Gasteiger partial charge in [-0.1, -0.05) is 59.0 Å². The molecule has 11 heteroatoms. The molecular formula is C25H16ClFN4O3S2. The molecule has 0 aliphatic carbocycles. The van der Waals surface area contributed by atoms with Crippen molar-refractivity contribution in [2.45, 2.75) is 16.1 Å². The summed E-state index contributed by atoms with van der Waals surface area (Å²) in [5.74, 6) is -1.76. The van der Waals surface area contributed by atoms with Crippen molar-refractivity contribution in [3.63, 3.8) is 0 Å². The van der Waals surface area contributed by atoms with E-state index >= 15 is 0 Å². The zero-order chi connectivity index (χ0) is 25.2. The van der Waals surface area contributed by atoms with Crippen LogP contribution in [0.1, 0.15) is 22.7 Å². The number of ketones is 1. The fourth-order valence-corrected chi connectivity index (χ4v) is 5.69. The summed E-state index contributed by atoms with van der Waals surface area (Å²) in [6, 6.07) is 15.0. The van der Waals surface area contributed by atoms with Crippen LogP contribution in [-0.4, -0.2) is 32.0 Å². The summed E-state index contributed by atoms with van der Waals surface area (Å²) in [5, 5.41) is 20.1. The van der Waals surface area contributed by atoms with Gasteiger partial charge in [0.15, 0.2) is 4.34 Å². The molecule has 1 aliphatic rings. The van der Waals surface area contributed by atoms with E-state index in [1.54, 1.807) is 48.5 Å². The number of hydrogen-bond acceptors (Lipinski definition) is 8. The number of aliphatic hydroxyl groups is 1. The average Bonchev–Trinajstić information content (AvgIpc) is 3.46. The molecule has 2 aromatic heterocycles. The topological polar surface area (TPSA) is 96.3 Å². The van der Waals surface area contributed by atoms with Gasteiger partial charge in [0.25, 0.3) is 5.78 Å². The van der Waals surface area contributed by atoms with Crippen molar-refractivity contribution in [1.29, 1.82) is 0 Å². The molecule has 1 N–H and O–H groups in total. The summed E-state index contributed by atoms with van der Waals surface area (Å²) in [5.41, 5.74) is 1.76. The standard InChI is InChI=1S/C25H16ClFN4O3S2/c26-17-5-3-15(4-6-17)20-19(21(32)16-9-11-28-12-10-16)22(33)23(34)31(20)24-29-30-25(36-24)35-13-14-1-7-18(27)8-2-14/h1-12,20,32H,13H2. The molecule has 7 nitrogen and oxygen atoms in total. The van der Waals surface area contributed by atoms with E-state index in [-0.39, 0.29) is 22.3 Å². The Morgan fingerprint density at radius 3 is 2.42 bits per heavy atom. The number of carbonyl (C=O) groups is 2. The molecule has 1 fully saturated rings. The summed E-state index contributed by atoms with van der Waals surface area (Å²) < 4.78 is 13.7. The quantitative estimate of drug-likeness (QED) is 0.111. The third-order valence-corrected chi connectivity index (χ3v) is 7.84. The first-order chi connectivity index (χ1) is 17.4. The number of rotatable bonds is 6. The van der Waals surface area contributed by atoms with Crippen LogP contribution in [0.2, 0.25) is 5.02 Å². The molecule has 36 heavy (non-hydrogen) atoms. The number of pyridine rings is 1. The van der Waals surface area contributed by atoms with Crippen LogP contribution in [0, 0.1) is 5.82 Å². The second-order valence-corrected chi connectivity index (χ2v) is 10.3. The highest BCUT2D eigenvalue weighted by atomic mass is 35.5. The third-order valence-electron chi connectivity index (χ3n) is 5.46. The molecule has 180 valence electrons. The highest BCUT2D eigenvalue weighted by molar-refractivity contribution is 8.00. The first-order valence-electron chi connectivity index (χ1n) is 10.6. The molecular weight excluding hydrogens is 523 g/mol. The number of aromatic nitrogens is 3. The van der Waals surface area contributed by atoms with E-state index in [0.717, 1.165) is 16.9 Å². The number of amides is 1. The summed E-state index contributed by atoms with van der Waals surface area (Å²) >= 11 is 8.59. The van der Waals surface area contributed by atoms with Crippen LogP contribution in [0.15, 0.2) is 83.0 Å². The smallest absolute Gasteiger partial charge is 0.301 e. The average molecular weight is 539 g/mol. The van der Waals surface area contributed by atoms with Crippen molar-refractivity contribution in [3.8, 4) is 0 Å². The highest BCUT2D eigenvalue weighted by Crippen LogP contribution is 2.44. The normalized spacial score (nSPS) is 17.1. The van der Waals surface area contributed by atoms with E-state index < -0.39 is 17.7 Å². The second kappa shape index (κ2) is 10.2. The SMILES string of the molecule is O=C1C(=O)N(c2nnc(SCc3ccc(F)cc3)s2)C(c2ccc(Cl)cc2)C1=C(O)c1ccncc1. The Labute approximate surface area is 218 Å². The number of carbonyl (C=O) groups excluding carboxylic acids is 2. The molecule has 1 unspecified atom stereocenters. The predicted octanol–water partition coefficient (Wildman–Crippen LogP) is 5.64. The molecule has 1 aliphatic heterocycles. The number of hydrogen-bond donors (Lipinski definition) is 1. The van der Waals surface area contributed by atoms with Crippen molar-refractivity contribution in [2.24, 2.45) is 0 Å². The minimum absolute atomic E-state index is 0.0655. The molecule has 0 bridgehead atoms. The van der Waals surface area contributed by atoms with Gasteiger partial charge < -0.3 is 5.11 Å². The van der Waals surface area contributed by atoms with Gasteiger partial charge in [0.05, 0.1) is 11.6 Å². The molecule has 0 radical (unpaired) electrons. The van der Waals surface area contributed by atoms with Crippen LogP contribution in [-0.2, 0) is 15.3 Å². The van der Waals surface area contributed by atoms with Crippen molar-refractivity contribution >= 4 is 57.3 Å². The van der Waals surface area contributed by atoms with Gasteiger partial charge in [-0.2, -0.15) is 0 Å². The van der Waals surface area contributed by atoms with Gasteiger partial charge in [-0.15, -0.1) is 10.2 Å². The fraction of sp³-hybridized carbons (Fsp3) is 0.0800. The van der Waals surface area contributed by atoms with Crippen LogP contribution in [0.25, 0.3) is 5.76 Å². The number of anilines is 1. The van der Waals surface area contributed by atoms with Gasteiger partial charge in [0, 0.05) is 28.7 Å². The first kappa shape index (κ1) is 24.1. The lowest BCUT2D eigenvalue weighted by Gasteiger charge is -2.22. The number of thioether (sulfide) groups is 1. The number of aliphatic hydroxyl groups excluding tert-OH is 1. The van der Waals surface area contributed by atoms with E-state index in [0.29, 0.717) is 26.2 Å². The zero-order valence-electron chi connectivity index (χ0n) is 18.3. The fourth-order valence-electron chi connectivity index (χ4n) is 3.74. The Morgan fingerprint density at radius 2 is 1.72 bits per heavy atom. The van der Waals surface area contributed by atoms with Gasteiger partial charge >= 0.3 is 5.91 Å². The molecule has 1 atom stereocenters. The monoisotopic (exact) mass is 538 g/mol. The summed E-state index contributed by atoms with van der Waals surface area (Å²) in [4.78, 5) is 31.6. The molecule has 3 heterocycles. The Morgan fingerprint density at radius 1 is 1.03 bits per heavy atom. The van der Waals surface area contributed by atoms with Crippen LogP contribution < -0.4 is 4.90 Å². The van der Waals surface area contributed by atoms with Crippen LogP contribution in [0.3, 0.4) is 0 Å². The van der Waals surface area contributed by atoms with Gasteiger partial charge in [-0.3, -0.25) is 19.5 Å². The minimum Gasteiger partial charge on any atom is -0.507 e. The van der Waals surface area contributed by atoms with Crippen LogP contribution >= 0.6 is 34.7 Å². The Bertz CT molecular complexity index is 1460. The molecule has 5 rings (SSSR count). The molecule has 1 saturated heterocycles. The maximum absolute atomic E-state index is 13.2. The first-order valence-corrected chi connectivity index (χ1v) is 12.8. The number of benzene rings is 2. The highest BCUT2D eigenvalue weighted by Gasteiger charge is 2.48. The summed E-state index contributed by atoms with van der Waals surface area (Å²) in [7, 11) is 0. The molecule has 2 aromatic carbocycles. The summed E-state index contributed by atoms with van der Waals surface area (Å²) in [6.45, 7) is 0. The third kappa shape index (κ3) is 4.75. The van der Waals surface area contributed by atoms with Crippen molar-refractivity contribution in [1.82, 2.24) is 15.2 Å². The van der Waals surface area contributed by atoms with Crippen molar-refractivity contribution in [2.75, 3.05) is 4.90 Å². The van der Waals surface area contributed by atoms with Gasteiger partial charge in [0.2, 0.25) is 5.13 Å². The largest absolute Gasteiger partial charge is 0.507 e. The molecule has 4 aromatic rings. The van der Waals surface area contributed by atoms with Crippen LogP contribution in [0.5, 0.6) is 0 Å². The molecule has 0 spiro atoms. The van der Waals surface area contributed by atoms with Crippen molar-refractivity contribution < 1.29 is 19.1 Å². The van der Waals surface area contributed by atoms with E-state index in [1.165, 1.54) is 41.2 Å².